The first kappa shape index (κ1) is 37.7. The van der Waals surface area contributed by atoms with Gasteiger partial charge in [-0.05, 0) is 80.3 Å². The monoisotopic (exact) mass is 699 g/mol. The zero-order valence-corrected chi connectivity index (χ0v) is 30.3. The van der Waals surface area contributed by atoms with Crippen molar-refractivity contribution in [2.45, 2.75) is 104 Å². The minimum Gasteiger partial charge on any atom is -0.481 e. The highest BCUT2D eigenvalue weighted by Gasteiger charge is 2.34. The fourth-order valence-electron chi connectivity index (χ4n) is 7.54. The molecule has 0 radical (unpaired) electrons. The quantitative estimate of drug-likeness (QED) is 0.167. The molecular weight excluding hydrogens is 646 g/mol. The number of nitrogens with one attached hydrogen (secondary N) is 1. The Balaban J connectivity index is 1.53. The predicted molar refractivity (Wildman–Crippen MR) is 196 cm³/mol. The highest BCUT2D eigenvalue weighted by atomic mass is 16.4. The Morgan fingerprint density at radius 2 is 1.65 bits per heavy atom. The molecule has 2 atom stereocenters. The number of carboxylic acid groups (broad SMARTS) is 1. The molecule has 1 unspecified atom stereocenters. The number of carboxylic acids is 1. The number of aliphatic hydroxyl groups is 1. The number of unbranched alkanes of at least 4 members (excludes halogenated alkanes) is 2. The molecule has 1 saturated carbocycles. The van der Waals surface area contributed by atoms with Gasteiger partial charge in [-0.15, -0.1) is 0 Å². The third-order valence-corrected chi connectivity index (χ3v) is 10.5. The van der Waals surface area contributed by atoms with Crippen LogP contribution in [0.25, 0.3) is 5.69 Å². The number of fused-ring (bicyclic) bond motifs is 1. The van der Waals surface area contributed by atoms with E-state index in [1.807, 2.05) is 36.1 Å². The number of hydrogen-bond acceptors (Lipinski definition) is 6. The van der Waals surface area contributed by atoms with Crippen LogP contribution in [0.1, 0.15) is 116 Å². The van der Waals surface area contributed by atoms with Gasteiger partial charge in [-0.1, -0.05) is 70.2 Å². The molecule has 2 heterocycles. The molecule has 0 spiro atoms. The third kappa shape index (κ3) is 9.05. The van der Waals surface area contributed by atoms with Crippen LogP contribution in [0.3, 0.4) is 0 Å². The van der Waals surface area contributed by atoms with Crippen molar-refractivity contribution >= 4 is 29.4 Å². The van der Waals surface area contributed by atoms with E-state index in [9.17, 15) is 29.4 Å². The molecule has 0 saturated heterocycles. The number of carbonyl (C=O) groups excluding carboxylic acids is 3. The Bertz CT molecular complexity index is 1690. The molecule has 3 aromatic rings. The zero-order chi connectivity index (χ0) is 36.5. The van der Waals surface area contributed by atoms with Gasteiger partial charge in [0.2, 0.25) is 5.91 Å². The number of aromatic nitrogens is 2. The van der Waals surface area contributed by atoms with Crippen LogP contribution in [0.15, 0.2) is 48.5 Å². The summed E-state index contributed by atoms with van der Waals surface area (Å²) in [6.07, 6.45) is 8.56. The third-order valence-electron chi connectivity index (χ3n) is 10.5. The van der Waals surface area contributed by atoms with Crippen molar-refractivity contribution in [1.29, 1.82) is 0 Å². The number of aliphatic hydroxyl groups excluding tert-OH is 1. The molecule has 51 heavy (non-hydrogen) atoms. The normalized spacial score (nSPS) is 16.7. The standard InChI is InChI=1S/C40H53N5O6/c1-4-6-19-43(20-7-5-2)40(51)35-21-27(3)45(42-35)36-18-17-31(41-38(49)33(24-37(47)48)28-13-9-8-10-14-28)23-34(36)39(50)44-25-30-16-12-11-15-29(30)22-32(44)26-46/h11-12,15-18,21,23,28,32-33,46H,4-10,13-14,19-20,22,24-26H2,1-3H3,(H,41,49)(H,47,48)/t32-,33?/m0/s1. The van der Waals surface area contributed by atoms with Crippen molar-refractivity contribution in [3.63, 3.8) is 0 Å². The van der Waals surface area contributed by atoms with Gasteiger partial charge in [0.15, 0.2) is 5.69 Å². The smallest absolute Gasteiger partial charge is 0.304 e. The fourth-order valence-corrected chi connectivity index (χ4v) is 7.54. The maximum atomic E-state index is 14.6. The second-order valence-electron chi connectivity index (χ2n) is 14.1. The van der Waals surface area contributed by atoms with Crippen LogP contribution >= 0.6 is 0 Å². The van der Waals surface area contributed by atoms with Crippen molar-refractivity contribution in [3.8, 4) is 5.69 Å². The average Bonchev–Trinajstić information content (AvgIpc) is 3.53. The Labute approximate surface area is 301 Å². The molecule has 1 fully saturated rings. The molecule has 1 aliphatic carbocycles. The van der Waals surface area contributed by atoms with Gasteiger partial charge >= 0.3 is 5.97 Å². The van der Waals surface area contributed by atoms with Gasteiger partial charge in [-0.2, -0.15) is 5.10 Å². The summed E-state index contributed by atoms with van der Waals surface area (Å²) in [5, 5.41) is 27.8. The highest BCUT2D eigenvalue weighted by Crippen LogP contribution is 2.34. The van der Waals surface area contributed by atoms with Gasteiger partial charge in [0, 0.05) is 31.0 Å². The van der Waals surface area contributed by atoms with Gasteiger partial charge in [-0.25, -0.2) is 4.68 Å². The van der Waals surface area contributed by atoms with Crippen LogP contribution < -0.4 is 5.32 Å². The Hall–Kier alpha value is -4.51. The van der Waals surface area contributed by atoms with E-state index < -0.39 is 17.9 Å². The lowest BCUT2D eigenvalue weighted by molar-refractivity contribution is -0.141. The minimum atomic E-state index is -1.02. The van der Waals surface area contributed by atoms with Crippen molar-refractivity contribution < 1.29 is 29.4 Å². The van der Waals surface area contributed by atoms with E-state index >= 15 is 0 Å². The summed E-state index contributed by atoms with van der Waals surface area (Å²) in [5.74, 6) is -2.61. The highest BCUT2D eigenvalue weighted by molar-refractivity contribution is 6.01. The molecule has 1 aromatic heterocycles. The van der Waals surface area contributed by atoms with E-state index in [4.69, 9.17) is 5.10 Å². The van der Waals surface area contributed by atoms with Crippen LogP contribution in [0, 0.1) is 18.8 Å². The number of rotatable bonds is 15. The van der Waals surface area contributed by atoms with Gasteiger partial charge < -0.3 is 25.3 Å². The lowest BCUT2D eigenvalue weighted by Gasteiger charge is -2.36. The largest absolute Gasteiger partial charge is 0.481 e. The van der Waals surface area contributed by atoms with Gasteiger partial charge in [0.05, 0.1) is 36.2 Å². The van der Waals surface area contributed by atoms with Gasteiger partial charge in [0.25, 0.3) is 11.8 Å². The van der Waals surface area contributed by atoms with Gasteiger partial charge in [-0.3, -0.25) is 19.2 Å². The minimum absolute atomic E-state index is 0.0224. The van der Waals surface area contributed by atoms with Crippen LogP contribution in [0.4, 0.5) is 5.69 Å². The number of anilines is 1. The summed E-state index contributed by atoms with van der Waals surface area (Å²) in [6.45, 7) is 7.38. The average molecular weight is 700 g/mol. The molecule has 2 aliphatic rings. The molecule has 3 amide bonds. The SMILES string of the molecule is CCCCN(CCCC)C(=O)c1cc(C)n(-c2ccc(NC(=O)C(CC(=O)O)C3CCCCC3)cc2C(=O)N2Cc3ccccc3C[C@H]2CO)n1. The molecule has 2 aromatic carbocycles. The van der Waals surface area contributed by atoms with E-state index in [2.05, 4.69) is 19.2 Å². The van der Waals surface area contributed by atoms with E-state index in [1.54, 1.807) is 33.8 Å². The van der Waals surface area contributed by atoms with E-state index in [-0.39, 0.29) is 42.2 Å². The second-order valence-corrected chi connectivity index (χ2v) is 14.1. The molecular formula is C40H53N5O6. The lowest BCUT2D eigenvalue weighted by Crippen LogP contribution is -2.46. The molecule has 11 nitrogen and oxygen atoms in total. The maximum absolute atomic E-state index is 14.6. The van der Waals surface area contributed by atoms with Crippen LogP contribution in [0.5, 0.6) is 0 Å². The summed E-state index contributed by atoms with van der Waals surface area (Å²) < 4.78 is 1.60. The molecule has 3 N–H and O–H groups in total. The van der Waals surface area contributed by atoms with Gasteiger partial charge in [0.1, 0.15) is 0 Å². The Morgan fingerprint density at radius 1 is 0.961 bits per heavy atom. The topological polar surface area (TPSA) is 145 Å². The maximum Gasteiger partial charge on any atom is 0.304 e. The summed E-state index contributed by atoms with van der Waals surface area (Å²) in [7, 11) is 0. The molecule has 0 bridgehead atoms. The summed E-state index contributed by atoms with van der Waals surface area (Å²) in [5.41, 5.74) is 4.08. The number of hydrogen-bond donors (Lipinski definition) is 3. The van der Waals surface area contributed by atoms with Crippen molar-refractivity contribution in [3.05, 3.63) is 76.6 Å². The molecule has 5 rings (SSSR count). The van der Waals surface area contributed by atoms with E-state index in [1.165, 1.54) is 0 Å². The van der Waals surface area contributed by atoms with Crippen LogP contribution in [-0.4, -0.2) is 79.2 Å². The van der Waals surface area contributed by atoms with Crippen molar-refractivity contribution in [1.82, 2.24) is 19.6 Å². The predicted octanol–water partition coefficient (Wildman–Crippen LogP) is 6.39. The number of nitrogens with zero attached hydrogens (tertiary/aromatic N) is 4. The lowest BCUT2D eigenvalue weighted by atomic mass is 9.78. The Morgan fingerprint density at radius 3 is 2.29 bits per heavy atom. The second kappa shape index (κ2) is 17.6. The van der Waals surface area contributed by atoms with Crippen LogP contribution in [0.2, 0.25) is 0 Å². The first-order valence-electron chi connectivity index (χ1n) is 18.7. The number of carbonyl (C=O) groups is 4. The molecule has 1 aliphatic heterocycles. The number of amides is 3. The van der Waals surface area contributed by atoms with E-state index in [0.717, 1.165) is 68.9 Å². The van der Waals surface area contributed by atoms with Crippen molar-refractivity contribution in [2.75, 3.05) is 25.0 Å². The number of benzene rings is 2. The summed E-state index contributed by atoms with van der Waals surface area (Å²) >= 11 is 0. The first-order chi connectivity index (χ1) is 24.6. The first-order valence-corrected chi connectivity index (χ1v) is 18.7. The zero-order valence-electron chi connectivity index (χ0n) is 30.3. The summed E-state index contributed by atoms with van der Waals surface area (Å²) in [6, 6.07) is 14.2. The van der Waals surface area contributed by atoms with E-state index in [0.29, 0.717) is 48.8 Å². The summed E-state index contributed by atoms with van der Waals surface area (Å²) in [4.78, 5) is 57.4. The number of aryl methyl sites for hydroxylation is 1. The fraction of sp³-hybridized carbons (Fsp3) is 0.525. The Kier molecular flexibility index (Phi) is 13.0. The van der Waals surface area contributed by atoms with Crippen LogP contribution in [-0.2, 0) is 22.6 Å². The molecule has 274 valence electrons. The molecule has 11 heteroatoms. The number of aliphatic carboxylic acids is 1. The van der Waals surface area contributed by atoms with Crippen molar-refractivity contribution in [2.24, 2.45) is 11.8 Å².